The van der Waals surface area contributed by atoms with Gasteiger partial charge in [-0.05, 0) is 11.1 Å². The first-order valence-electron chi connectivity index (χ1n) is 8.73. The molecule has 0 saturated heterocycles. The molecule has 2 nitrogen and oxygen atoms in total. The number of hydrogen-bond acceptors (Lipinski definition) is 2. The Labute approximate surface area is 149 Å². The van der Waals surface area contributed by atoms with Gasteiger partial charge in [-0.25, -0.2) is 0 Å². The second-order valence-corrected chi connectivity index (χ2v) is 6.12. The van der Waals surface area contributed by atoms with Gasteiger partial charge in [0.05, 0.1) is 0 Å². The summed E-state index contributed by atoms with van der Waals surface area (Å²) in [5.74, 6) is 0.471. The lowest BCUT2D eigenvalue weighted by atomic mass is 9.91. The van der Waals surface area contributed by atoms with Crippen molar-refractivity contribution in [2.24, 2.45) is 0 Å². The van der Waals surface area contributed by atoms with E-state index in [2.05, 4.69) is 53.8 Å². The zero-order valence-corrected chi connectivity index (χ0v) is 14.3. The fourth-order valence-corrected chi connectivity index (χ4v) is 3.02. The first-order valence-corrected chi connectivity index (χ1v) is 8.73. The highest BCUT2D eigenvalue weighted by atomic mass is 16.1. The van der Waals surface area contributed by atoms with Crippen molar-refractivity contribution in [3.8, 4) is 0 Å². The molecule has 0 bridgehead atoms. The van der Waals surface area contributed by atoms with E-state index in [1.165, 1.54) is 11.1 Å². The minimum absolute atomic E-state index is 0.184. The van der Waals surface area contributed by atoms with Gasteiger partial charge in [-0.3, -0.25) is 4.79 Å². The third-order valence-corrected chi connectivity index (χ3v) is 4.38. The first kappa shape index (κ1) is 17.1. The number of hydrogen-bond donors (Lipinski definition) is 1. The number of nitrogens with one attached hydrogen (secondary N) is 1. The highest BCUT2D eigenvalue weighted by Crippen LogP contribution is 2.23. The van der Waals surface area contributed by atoms with Gasteiger partial charge in [-0.15, -0.1) is 0 Å². The Morgan fingerprint density at radius 2 is 1.20 bits per heavy atom. The SMILES string of the molecule is O=C(CCNCC(c1ccccc1)c1ccccc1)c1ccccc1. The van der Waals surface area contributed by atoms with Crippen molar-refractivity contribution in [1.82, 2.24) is 5.32 Å². The van der Waals surface area contributed by atoms with Gasteiger partial charge in [0, 0.05) is 31.0 Å². The fourth-order valence-electron chi connectivity index (χ4n) is 3.02. The Morgan fingerprint density at radius 3 is 1.72 bits per heavy atom. The summed E-state index contributed by atoms with van der Waals surface area (Å²) in [6, 6.07) is 30.5. The molecule has 0 aliphatic rings. The normalized spacial score (nSPS) is 10.8. The molecule has 0 radical (unpaired) electrons. The summed E-state index contributed by atoms with van der Waals surface area (Å²) >= 11 is 0. The molecule has 3 aromatic carbocycles. The molecule has 3 aromatic rings. The van der Waals surface area contributed by atoms with Crippen molar-refractivity contribution < 1.29 is 4.79 Å². The zero-order valence-electron chi connectivity index (χ0n) is 14.3. The Morgan fingerprint density at radius 1 is 0.720 bits per heavy atom. The molecule has 0 aliphatic carbocycles. The number of benzene rings is 3. The van der Waals surface area contributed by atoms with E-state index in [1.807, 2.05) is 42.5 Å². The summed E-state index contributed by atoms with van der Waals surface area (Å²) < 4.78 is 0. The molecule has 0 fully saturated rings. The van der Waals surface area contributed by atoms with Gasteiger partial charge in [0.15, 0.2) is 5.78 Å². The van der Waals surface area contributed by atoms with Crippen LogP contribution in [0.1, 0.15) is 33.8 Å². The lowest BCUT2D eigenvalue weighted by Gasteiger charge is -2.19. The molecule has 0 aromatic heterocycles. The van der Waals surface area contributed by atoms with Crippen LogP contribution in [-0.4, -0.2) is 18.9 Å². The van der Waals surface area contributed by atoms with Crippen LogP contribution in [0.4, 0.5) is 0 Å². The standard InChI is InChI=1S/C23H23NO/c25-23(21-14-8-3-9-15-21)16-17-24-18-22(19-10-4-1-5-11-19)20-12-6-2-7-13-20/h1-15,22,24H,16-18H2. The molecule has 25 heavy (non-hydrogen) atoms. The average molecular weight is 329 g/mol. The molecule has 0 heterocycles. The van der Waals surface area contributed by atoms with Crippen molar-refractivity contribution >= 4 is 5.78 Å². The van der Waals surface area contributed by atoms with Crippen LogP contribution in [0.3, 0.4) is 0 Å². The molecule has 0 amide bonds. The second kappa shape index (κ2) is 8.95. The molecule has 0 saturated carbocycles. The van der Waals surface area contributed by atoms with Crippen LogP contribution < -0.4 is 5.32 Å². The van der Waals surface area contributed by atoms with E-state index in [4.69, 9.17) is 0 Å². The van der Waals surface area contributed by atoms with Crippen LogP contribution >= 0.6 is 0 Å². The van der Waals surface area contributed by atoms with Crippen molar-refractivity contribution in [2.75, 3.05) is 13.1 Å². The highest BCUT2D eigenvalue weighted by Gasteiger charge is 2.13. The zero-order chi connectivity index (χ0) is 17.3. The number of carbonyl (C=O) groups excluding carboxylic acids is 1. The van der Waals surface area contributed by atoms with Crippen molar-refractivity contribution in [2.45, 2.75) is 12.3 Å². The van der Waals surface area contributed by atoms with Crippen LogP contribution in [-0.2, 0) is 0 Å². The number of rotatable bonds is 8. The molecule has 1 N–H and O–H groups in total. The smallest absolute Gasteiger partial charge is 0.164 e. The van der Waals surface area contributed by atoms with Gasteiger partial charge in [-0.1, -0.05) is 91.0 Å². The van der Waals surface area contributed by atoms with Crippen LogP contribution in [0.2, 0.25) is 0 Å². The third-order valence-electron chi connectivity index (χ3n) is 4.38. The van der Waals surface area contributed by atoms with E-state index in [0.717, 1.165) is 12.1 Å². The molecular weight excluding hydrogens is 306 g/mol. The minimum Gasteiger partial charge on any atom is -0.315 e. The summed E-state index contributed by atoms with van der Waals surface area (Å²) in [7, 11) is 0. The largest absolute Gasteiger partial charge is 0.315 e. The maximum Gasteiger partial charge on any atom is 0.164 e. The van der Waals surface area contributed by atoms with Gasteiger partial charge in [0.25, 0.3) is 0 Å². The van der Waals surface area contributed by atoms with Crippen molar-refractivity contribution in [3.63, 3.8) is 0 Å². The molecule has 3 rings (SSSR count). The Bertz CT molecular complexity index is 729. The van der Waals surface area contributed by atoms with Crippen LogP contribution in [0.5, 0.6) is 0 Å². The maximum atomic E-state index is 12.2. The van der Waals surface area contributed by atoms with E-state index < -0.39 is 0 Å². The summed E-state index contributed by atoms with van der Waals surface area (Å²) in [4.78, 5) is 12.2. The predicted octanol–water partition coefficient (Wildman–Crippen LogP) is 4.68. The van der Waals surface area contributed by atoms with Gasteiger partial charge in [0.2, 0.25) is 0 Å². The highest BCUT2D eigenvalue weighted by molar-refractivity contribution is 5.96. The average Bonchev–Trinajstić information content (AvgIpc) is 2.70. The van der Waals surface area contributed by atoms with E-state index in [9.17, 15) is 4.79 Å². The van der Waals surface area contributed by atoms with Crippen molar-refractivity contribution in [3.05, 3.63) is 108 Å². The molecule has 2 heteroatoms. The van der Waals surface area contributed by atoms with E-state index >= 15 is 0 Å². The molecule has 0 aliphatic heterocycles. The van der Waals surface area contributed by atoms with Crippen molar-refractivity contribution in [1.29, 1.82) is 0 Å². The van der Waals surface area contributed by atoms with Crippen LogP contribution in [0.25, 0.3) is 0 Å². The first-order chi connectivity index (χ1) is 12.3. The molecule has 0 atom stereocenters. The lowest BCUT2D eigenvalue weighted by Crippen LogP contribution is -2.25. The van der Waals surface area contributed by atoms with Crippen LogP contribution in [0.15, 0.2) is 91.0 Å². The van der Waals surface area contributed by atoms with Gasteiger partial charge >= 0.3 is 0 Å². The molecule has 0 unspecified atom stereocenters. The van der Waals surface area contributed by atoms with E-state index in [-0.39, 0.29) is 11.7 Å². The molecular formula is C23H23NO. The Balaban J connectivity index is 1.59. The second-order valence-electron chi connectivity index (χ2n) is 6.12. The summed E-state index contributed by atoms with van der Waals surface area (Å²) in [6.07, 6.45) is 0.514. The van der Waals surface area contributed by atoms with E-state index in [1.54, 1.807) is 0 Å². The lowest BCUT2D eigenvalue weighted by molar-refractivity contribution is 0.0982. The monoisotopic (exact) mass is 329 g/mol. The summed E-state index contributed by atoms with van der Waals surface area (Å²) in [6.45, 7) is 1.50. The molecule has 0 spiro atoms. The van der Waals surface area contributed by atoms with Crippen LogP contribution in [0, 0.1) is 0 Å². The van der Waals surface area contributed by atoms with Gasteiger partial charge in [0.1, 0.15) is 0 Å². The fraction of sp³-hybridized carbons (Fsp3) is 0.174. The minimum atomic E-state index is 0.184. The van der Waals surface area contributed by atoms with E-state index in [0.29, 0.717) is 13.0 Å². The predicted molar refractivity (Wildman–Crippen MR) is 103 cm³/mol. The Kier molecular flexibility index (Phi) is 6.13. The van der Waals surface area contributed by atoms with Gasteiger partial charge in [-0.2, -0.15) is 0 Å². The number of ketones is 1. The quantitative estimate of drug-likeness (QED) is 0.480. The number of Topliss-reactive ketones (excluding diaryl/α,β-unsaturated/α-hetero) is 1. The molecule has 126 valence electrons. The number of carbonyl (C=O) groups is 1. The maximum absolute atomic E-state index is 12.2. The third kappa shape index (κ3) is 4.88. The topological polar surface area (TPSA) is 29.1 Å². The Hall–Kier alpha value is -2.71. The summed E-state index contributed by atoms with van der Waals surface area (Å²) in [5.41, 5.74) is 3.36. The summed E-state index contributed by atoms with van der Waals surface area (Å²) in [5, 5.41) is 3.46. The van der Waals surface area contributed by atoms with Gasteiger partial charge < -0.3 is 5.32 Å².